The van der Waals surface area contributed by atoms with Crippen LogP contribution in [0.2, 0.25) is 0 Å². The Bertz CT molecular complexity index is 398. The van der Waals surface area contributed by atoms with Gasteiger partial charge in [0.05, 0.1) is 24.1 Å². The molecule has 0 saturated carbocycles. The lowest BCUT2D eigenvalue weighted by Crippen LogP contribution is -2.34. The quantitative estimate of drug-likeness (QED) is 0.714. The summed E-state index contributed by atoms with van der Waals surface area (Å²) in [4.78, 5) is 18.1. The number of pyridine rings is 1. The number of anilines is 1. The molecule has 19 heavy (non-hydrogen) atoms. The number of nitrogens with zero attached hydrogens (tertiary/aromatic N) is 2. The zero-order chi connectivity index (χ0) is 14.1. The molecule has 0 aliphatic rings. The predicted molar refractivity (Wildman–Crippen MR) is 75.5 cm³/mol. The summed E-state index contributed by atoms with van der Waals surface area (Å²) in [5.74, 6) is -0.0908. The molecule has 0 aliphatic heterocycles. The van der Waals surface area contributed by atoms with Gasteiger partial charge in [-0.05, 0) is 13.1 Å². The third-order valence-electron chi connectivity index (χ3n) is 2.79. The molecule has 0 spiro atoms. The molecule has 0 aromatic carbocycles. The van der Waals surface area contributed by atoms with Crippen molar-refractivity contribution in [1.82, 2.24) is 15.2 Å². The molecule has 0 bridgehead atoms. The Labute approximate surface area is 114 Å². The van der Waals surface area contributed by atoms with Gasteiger partial charge in [0.15, 0.2) is 0 Å². The largest absolute Gasteiger partial charge is 0.386 e. The van der Waals surface area contributed by atoms with Crippen LogP contribution >= 0.6 is 0 Å². The summed E-state index contributed by atoms with van der Waals surface area (Å²) >= 11 is 0. The molecule has 1 aromatic rings. The molecule has 0 saturated heterocycles. The lowest BCUT2D eigenvalue weighted by molar-refractivity contribution is 0.0948. The number of likely N-dealkylation sites (N-methyl/N-ethyl adjacent to an activating group) is 1. The van der Waals surface area contributed by atoms with Crippen LogP contribution in [0.4, 0.5) is 5.69 Å². The minimum absolute atomic E-state index is 0.0908. The van der Waals surface area contributed by atoms with Crippen molar-refractivity contribution < 1.29 is 9.53 Å². The predicted octanol–water partition coefficient (Wildman–Crippen LogP) is 0.431. The summed E-state index contributed by atoms with van der Waals surface area (Å²) in [6.07, 6.45) is 3.25. The molecule has 6 heteroatoms. The molecular weight excluding hydrogens is 244 g/mol. The first-order chi connectivity index (χ1) is 9.19. The highest BCUT2D eigenvalue weighted by Gasteiger charge is 2.09. The molecule has 106 valence electrons. The van der Waals surface area contributed by atoms with Gasteiger partial charge in [0.2, 0.25) is 0 Å². The number of carbonyl (C=O) groups excluding carboxylic acids is 1. The summed E-state index contributed by atoms with van der Waals surface area (Å²) in [5.41, 5.74) is 1.34. The van der Waals surface area contributed by atoms with Crippen LogP contribution in [-0.4, -0.2) is 63.2 Å². The van der Waals surface area contributed by atoms with Crippen molar-refractivity contribution in [2.75, 3.05) is 52.8 Å². The minimum Gasteiger partial charge on any atom is -0.386 e. The van der Waals surface area contributed by atoms with Gasteiger partial charge in [-0.3, -0.25) is 9.78 Å². The Morgan fingerprint density at radius 2 is 2.26 bits per heavy atom. The average Bonchev–Trinajstić information content (AvgIpc) is 2.44. The second-order valence-electron chi connectivity index (χ2n) is 4.22. The first-order valence-corrected chi connectivity index (χ1v) is 6.26. The summed E-state index contributed by atoms with van der Waals surface area (Å²) in [7, 11) is 5.45. The van der Waals surface area contributed by atoms with Crippen molar-refractivity contribution in [3.63, 3.8) is 0 Å². The summed E-state index contributed by atoms with van der Waals surface area (Å²) < 4.78 is 5.00. The van der Waals surface area contributed by atoms with Crippen LogP contribution in [0.3, 0.4) is 0 Å². The van der Waals surface area contributed by atoms with Gasteiger partial charge in [-0.15, -0.1) is 0 Å². The number of nitrogens with one attached hydrogen (secondary N) is 2. The Morgan fingerprint density at radius 1 is 1.47 bits per heavy atom. The monoisotopic (exact) mass is 266 g/mol. The molecule has 1 heterocycles. The van der Waals surface area contributed by atoms with Gasteiger partial charge >= 0.3 is 0 Å². The first kappa shape index (κ1) is 15.4. The van der Waals surface area contributed by atoms with Gasteiger partial charge in [0.1, 0.15) is 0 Å². The van der Waals surface area contributed by atoms with E-state index in [1.165, 1.54) is 0 Å². The number of hydrogen-bond acceptors (Lipinski definition) is 5. The topological polar surface area (TPSA) is 66.5 Å². The van der Waals surface area contributed by atoms with Gasteiger partial charge in [-0.25, -0.2) is 0 Å². The van der Waals surface area contributed by atoms with Crippen molar-refractivity contribution >= 4 is 11.6 Å². The molecular formula is C13H22N4O2. The van der Waals surface area contributed by atoms with Crippen LogP contribution < -0.4 is 10.6 Å². The van der Waals surface area contributed by atoms with E-state index in [1.54, 1.807) is 32.6 Å². The average molecular weight is 266 g/mol. The normalized spacial score (nSPS) is 10.5. The van der Waals surface area contributed by atoms with Crippen LogP contribution in [0.25, 0.3) is 0 Å². The third-order valence-corrected chi connectivity index (χ3v) is 2.79. The number of methoxy groups -OCH3 is 1. The molecule has 1 rings (SSSR count). The Balaban J connectivity index is 2.39. The van der Waals surface area contributed by atoms with E-state index in [9.17, 15) is 4.79 Å². The van der Waals surface area contributed by atoms with E-state index in [-0.39, 0.29) is 5.91 Å². The maximum absolute atomic E-state index is 12.0. The minimum atomic E-state index is -0.0908. The molecule has 6 nitrogen and oxygen atoms in total. The lowest BCUT2D eigenvalue weighted by Gasteiger charge is -2.16. The van der Waals surface area contributed by atoms with Crippen LogP contribution in [0.1, 0.15) is 10.4 Å². The van der Waals surface area contributed by atoms with Gasteiger partial charge in [-0.1, -0.05) is 0 Å². The van der Waals surface area contributed by atoms with Crippen molar-refractivity contribution in [3.8, 4) is 0 Å². The van der Waals surface area contributed by atoms with Crippen LogP contribution in [0, 0.1) is 0 Å². The Kier molecular flexibility index (Phi) is 6.84. The first-order valence-electron chi connectivity index (χ1n) is 6.26. The standard InChI is InChI=1S/C13H22N4O2/c1-14-12-10-15-5-4-11(12)13(18)16-6-7-17(2)8-9-19-3/h4-5,10,14H,6-9H2,1-3H3,(H,16,18). The molecule has 1 amide bonds. The number of amides is 1. The number of ether oxygens (including phenoxy) is 1. The van der Waals surface area contributed by atoms with Crippen LogP contribution in [0.15, 0.2) is 18.5 Å². The molecule has 0 unspecified atom stereocenters. The van der Waals surface area contributed by atoms with Gasteiger partial charge < -0.3 is 20.3 Å². The third kappa shape index (κ3) is 5.23. The van der Waals surface area contributed by atoms with E-state index < -0.39 is 0 Å². The number of aromatic nitrogens is 1. The number of hydrogen-bond donors (Lipinski definition) is 2. The van der Waals surface area contributed by atoms with Crippen molar-refractivity contribution in [3.05, 3.63) is 24.0 Å². The molecule has 2 N–H and O–H groups in total. The van der Waals surface area contributed by atoms with E-state index >= 15 is 0 Å². The highest BCUT2D eigenvalue weighted by Crippen LogP contribution is 2.11. The molecule has 0 radical (unpaired) electrons. The van der Waals surface area contributed by atoms with E-state index in [0.717, 1.165) is 18.8 Å². The van der Waals surface area contributed by atoms with Crippen molar-refractivity contribution in [2.45, 2.75) is 0 Å². The Morgan fingerprint density at radius 3 is 2.95 bits per heavy atom. The fourth-order valence-electron chi connectivity index (χ4n) is 1.61. The number of rotatable bonds is 8. The maximum atomic E-state index is 12.0. The zero-order valence-electron chi connectivity index (χ0n) is 11.8. The van der Waals surface area contributed by atoms with Crippen molar-refractivity contribution in [2.24, 2.45) is 0 Å². The summed E-state index contributed by atoms with van der Waals surface area (Å²) in [6, 6.07) is 1.70. The fraction of sp³-hybridized carbons (Fsp3) is 0.538. The number of carbonyl (C=O) groups is 1. The maximum Gasteiger partial charge on any atom is 0.253 e. The SMILES string of the molecule is CNc1cnccc1C(=O)NCCN(C)CCOC. The highest BCUT2D eigenvalue weighted by atomic mass is 16.5. The van der Waals surface area contributed by atoms with E-state index in [4.69, 9.17) is 4.74 Å². The van der Waals surface area contributed by atoms with E-state index in [1.807, 2.05) is 7.05 Å². The highest BCUT2D eigenvalue weighted by molar-refractivity contribution is 5.99. The molecule has 0 aliphatic carbocycles. The zero-order valence-corrected chi connectivity index (χ0v) is 11.8. The lowest BCUT2D eigenvalue weighted by atomic mass is 10.2. The van der Waals surface area contributed by atoms with Crippen LogP contribution in [0.5, 0.6) is 0 Å². The van der Waals surface area contributed by atoms with Gasteiger partial charge in [0, 0.05) is 40.0 Å². The second-order valence-corrected chi connectivity index (χ2v) is 4.22. The summed E-state index contributed by atoms with van der Waals surface area (Å²) in [6.45, 7) is 2.93. The van der Waals surface area contributed by atoms with E-state index in [0.29, 0.717) is 18.7 Å². The second kappa shape index (κ2) is 8.44. The Hall–Kier alpha value is -1.66. The van der Waals surface area contributed by atoms with Gasteiger partial charge in [-0.2, -0.15) is 0 Å². The molecule has 1 aromatic heterocycles. The van der Waals surface area contributed by atoms with E-state index in [2.05, 4.69) is 20.5 Å². The van der Waals surface area contributed by atoms with Crippen molar-refractivity contribution in [1.29, 1.82) is 0 Å². The molecule has 0 fully saturated rings. The van der Waals surface area contributed by atoms with Crippen LogP contribution in [-0.2, 0) is 4.74 Å². The van der Waals surface area contributed by atoms with Gasteiger partial charge in [0.25, 0.3) is 5.91 Å². The molecule has 0 atom stereocenters. The smallest absolute Gasteiger partial charge is 0.253 e. The fourth-order valence-corrected chi connectivity index (χ4v) is 1.61. The summed E-state index contributed by atoms with van der Waals surface area (Å²) in [5, 5.41) is 5.85.